The fourth-order valence-electron chi connectivity index (χ4n) is 1.59. The predicted octanol–water partition coefficient (Wildman–Crippen LogP) is 0.269. The van der Waals surface area contributed by atoms with E-state index in [0.29, 0.717) is 6.10 Å². The largest absolute Gasteiger partial charge is 0.374 e. The van der Waals surface area contributed by atoms with Gasteiger partial charge in [0.2, 0.25) is 0 Å². The van der Waals surface area contributed by atoms with Gasteiger partial charge in [-0.3, -0.25) is 4.90 Å². The first kappa shape index (κ1) is 9.96. The highest BCUT2D eigenvalue weighted by Crippen LogP contribution is 2.04. The number of morpholine rings is 1. The van der Waals surface area contributed by atoms with Crippen LogP contribution in [0.25, 0.3) is 0 Å². The lowest BCUT2D eigenvalue weighted by Gasteiger charge is -2.33. The highest BCUT2D eigenvalue weighted by atomic mass is 16.5. The third-order valence-electron chi connectivity index (χ3n) is 2.24. The normalized spacial score (nSPS) is 26.5. The molecule has 1 aliphatic heterocycles. The summed E-state index contributed by atoms with van der Waals surface area (Å²) in [6, 6.07) is 0. The molecule has 0 amide bonds. The summed E-state index contributed by atoms with van der Waals surface area (Å²) in [5.74, 6) is 0. The van der Waals surface area contributed by atoms with Gasteiger partial charge in [-0.05, 0) is 20.6 Å². The maximum atomic E-state index is 5.64. The first-order chi connectivity index (χ1) is 5.72. The zero-order chi connectivity index (χ0) is 8.97. The van der Waals surface area contributed by atoms with Crippen molar-refractivity contribution in [3.05, 3.63) is 0 Å². The third kappa shape index (κ3) is 3.09. The zero-order valence-electron chi connectivity index (χ0n) is 8.42. The standard InChI is InChI=1S/C9H20N2O/c1-4-11-5-6-12-9(8-11)7-10(2)3/h9H,4-8H2,1-3H3. The van der Waals surface area contributed by atoms with E-state index in [1.807, 2.05) is 0 Å². The van der Waals surface area contributed by atoms with Crippen LogP contribution in [0.2, 0.25) is 0 Å². The maximum Gasteiger partial charge on any atom is 0.0829 e. The van der Waals surface area contributed by atoms with Gasteiger partial charge in [0, 0.05) is 19.6 Å². The summed E-state index contributed by atoms with van der Waals surface area (Å²) >= 11 is 0. The molecule has 1 fully saturated rings. The Morgan fingerprint density at radius 3 is 2.83 bits per heavy atom. The highest BCUT2D eigenvalue weighted by molar-refractivity contribution is 4.72. The van der Waals surface area contributed by atoms with Gasteiger partial charge < -0.3 is 9.64 Å². The van der Waals surface area contributed by atoms with Crippen LogP contribution in [-0.2, 0) is 4.74 Å². The lowest BCUT2D eigenvalue weighted by molar-refractivity contribution is -0.0363. The van der Waals surface area contributed by atoms with E-state index in [9.17, 15) is 0 Å². The van der Waals surface area contributed by atoms with E-state index >= 15 is 0 Å². The Labute approximate surface area is 75.3 Å². The molecule has 0 saturated carbocycles. The molecule has 1 rings (SSSR count). The summed E-state index contributed by atoms with van der Waals surface area (Å²) in [6.45, 7) is 7.48. The summed E-state index contributed by atoms with van der Waals surface area (Å²) in [7, 11) is 4.18. The van der Waals surface area contributed by atoms with Crippen molar-refractivity contribution in [1.29, 1.82) is 0 Å². The van der Waals surface area contributed by atoms with Crippen molar-refractivity contribution in [1.82, 2.24) is 9.80 Å². The number of hydrogen-bond donors (Lipinski definition) is 0. The first-order valence-corrected chi connectivity index (χ1v) is 4.71. The Balaban J connectivity index is 2.25. The fourth-order valence-corrected chi connectivity index (χ4v) is 1.59. The summed E-state index contributed by atoms with van der Waals surface area (Å²) in [5, 5.41) is 0. The summed E-state index contributed by atoms with van der Waals surface area (Å²) in [4.78, 5) is 4.63. The minimum absolute atomic E-state index is 0.411. The van der Waals surface area contributed by atoms with Gasteiger partial charge in [-0.25, -0.2) is 0 Å². The van der Waals surface area contributed by atoms with E-state index in [1.54, 1.807) is 0 Å². The van der Waals surface area contributed by atoms with E-state index in [4.69, 9.17) is 4.74 Å². The minimum Gasteiger partial charge on any atom is -0.374 e. The molecule has 1 saturated heterocycles. The molecular weight excluding hydrogens is 152 g/mol. The molecule has 0 aromatic rings. The summed E-state index contributed by atoms with van der Waals surface area (Å²) in [6.07, 6.45) is 0.411. The van der Waals surface area contributed by atoms with Crippen LogP contribution in [0, 0.1) is 0 Å². The van der Waals surface area contributed by atoms with E-state index in [1.165, 1.54) is 0 Å². The quantitative estimate of drug-likeness (QED) is 0.607. The van der Waals surface area contributed by atoms with Gasteiger partial charge in [0.1, 0.15) is 0 Å². The maximum absolute atomic E-state index is 5.64. The van der Waals surface area contributed by atoms with Gasteiger partial charge in [-0.2, -0.15) is 0 Å². The number of hydrogen-bond acceptors (Lipinski definition) is 3. The molecule has 0 aromatic heterocycles. The first-order valence-electron chi connectivity index (χ1n) is 4.71. The molecule has 12 heavy (non-hydrogen) atoms. The summed E-state index contributed by atoms with van der Waals surface area (Å²) < 4.78 is 5.64. The van der Waals surface area contributed by atoms with E-state index < -0.39 is 0 Å². The molecule has 3 nitrogen and oxygen atoms in total. The second-order valence-electron chi connectivity index (χ2n) is 3.65. The molecule has 1 heterocycles. The van der Waals surface area contributed by atoms with Gasteiger partial charge in [-0.15, -0.1) is 0 Å². The van der Waals surface area contributed by atoms with Gasteiger partial charge in [-0.1, -0.05) is 6.92 Å². The summed E-state index contributed by atoms with van der Waals surface area (Å²) in [5.41, 5.74) is 0. The molecular formula is C9H20N2O. The molecule has 1 aliphatic rings. The van der Waals surface area contributed by atoms with E-state index in [0.717, 1.165) is 32.8 Å². The lowest BCUT2D eigenvalue weighted by atomic mass is 10.2. The predicted molar refractivity (Wildman–Crippen MR) is 50.4 cm³/mol. The number of ether oxygens (including phenoxy) is 1. The van der Waals surface area contributed by atoms with Crippen LogP contribution >= 0.6 is 0 Å². The molecule has 1 atom stereocenters. The Kier molecular flexibility index (Phi) is 3.98. The molecule has 0 bridgehead atoms. The van der Waals surface area contributed by atoms with Gasteiger partial charge in [0.15, 0.2) is 0 Å². The van der Waals surface area contributed by atoms with E-state index in [-0.39, 0.29) is 0 Å². The molecule has 0 spiro atoms. The molecule has 0 N–H and O–H groups in total. The average Bonchev–Trinajstić information content (AvgIpc) is 2.03. The lowest BCUT2D eigenvalue weighted by Crippen LogP contribution is -2.46. The smallest absolute Gasteiger partial charge is 0.0829 e. The second kappa shape index (κ2) is 4.80. The van der Waals surface area contributed by atoms with Crippen LogP contribution in [0.4, 0.5) is 0 Å². The Morgan fingerprint density at radius 2 is 2.25 bits per heavy atom. The topological polar surface area (TPSA) is 15.7 Å². The van der Waals surface area contributed by atoms with Gasteiger partial charge in [0.05, 0.1) is 12.7 Å². The molecule has 0 aliphatic carbocycles. The van der Waals surface area contributed by atoms with Crippen molar-refractivity contribution in [2.75, 3.05) is 46.9 Å². The van der Waals surface area contributed by atoms with Gasteiger partial charge >= 0.3 is 0 Å². The van der Waals surface area contributed by atoms with Crippen molar-refractivity contribution in [2.45, 2.75) is 13.0 Å². The molecule has 1 unspecified atom stereocenters. The molecule has 0 radical (unpaired) electrons. The SMILES string of the molecule is CCN1CCOC(CN(C)C)C1. The molecule has 3 heteroatoms. The van der Waals surface area contributed by atoms with Crippen molar-refractivity contribution in [2.24, 2.45) is 0 Å². The number of likely N-dealkylation sites (N-methyl/N-ethyl adjacent to an activating group) is 2. The zero-order valence-corrected chi connectivity index (χ0v) is 8.42. The van der Waals surface area contributed by atoms with Crippen LogP contribution in [-0.4, -0.2) is 62.8 Å². The number of nitrogens with zero attached hydrogens (tertiary/aromatic N) is 2. The van der Waals surface area contributed by atoms with Crippen LogP contribution < -0.4 is 0 Å². The van der Waals surface area contributed by atoms with Crippen LogP contribution in [0.3, 0.4) is 0 Å². The third-order valence-corrected chi connectivity index (χ3v) is 2.24. The fraction of sp³-hybridized carbons (Fsp3) is 1.00. The second-order valence-corrected chi connectivity index (χ2v) is 3.65. The van der Waals surface area contributed by atoms with Crippen LogP contribution in [0.1, 0.15) is 6.92 Å². The van der Waals surface area contributed by atoms with Crippen molar-refractivity contribution >= 4 is 0 Å². The van der Waals surface area contributed by atoms with Crippen LogP contribution in [0.5, 0.6) is 0 Å². The van der Waals surface area contributed by atoms with Gasteiger partial charge in [0.25, 0.3) is 0 Å². The monoisotopic (exact) mass is 172 g/mol. The van der Waals surface area contributed by atoms with Crippen LogP contribution in [0.15, 0.2) is 0 Å². The number of rotatable bonds is 3. The van der Waals surface area contributed by atoms with E-state index in [2.05, 4.69) is 30.8 Å². The average molecular weight is 172 g/mol. The Hall–Kier alpha value is -0.120. The van der Waals surface area contributed by atoms with Crippen molar-refractivity contribution < 1.29 is 4.74 Å². The minimum atomic E-state index is 0.411. The molecule has 0 aromatic carbocycles. The Morgan fingerprint density at radius 1 is 1.50 bits per heavy atom. The van der Waals surface area contributed by atoms with Crippen molar-refractivity contribution in [3.63, 3.8) is 0 Å². The Bertz CT molecular complexity index is 128. The van der Waals surface area contributed by atoms with Crippen molar-refractivity contribution in [3.8, 4) is 0 Å². The highest BCUT2D eigenvalue weighted by Gasteiger charge is 2.19. The molecule has 72 valence electrons.